The molecule has 2 aliphatic rings. The maximum atomic E-state index is 12.3. The van der Waals surface area contributed by atoms with Gasteiger partial charge in [0, 0.05) is 0 Å². The summed E-state index contributed by atoms with van der Waals surface area (Å²) >= 11 is 0. The van der Waals surface area contributed by atoms with Crippen LogP contribution >= 0.6 is 0 Å². The molecule has 1 heterocycles. The van der Waals surface area contributed by atoms with Gasteiger partial charge in [0.1, 0.15) is 0 Å². The molecule has 1 amide bonds. The number of fused-ring (bicyclic) bond motifs is 1. The second kappa shape index (κ2) is 4.09. The molecule has 3 nitrogen and oxygen atoms in total. The van der Waals surface area contributed by atoms with Crippen LogP contribution in [0.2, 0.25) is 0 Å². The summed E-state index contributed by atoms with van der Waals surface area (Å²) in [5.41, 5.74) is 1.85. The first-order chi connectivity index (χ1) is 8.63. The molecule has 18 heavy (non-hydrogen) atoms. The molecule has 1 N–H and O–H groups in total. The summed E-state index contributed by atoms with van der Waals surface area (Å²) in [5.74, 6) is 0.224. The van der Waals surface area contributed by atoms with Crippen LogP contribution in [0, 0.1) is 0 Å². The maximum absolute atomic E-state index is 12.3. The zero-order chi connectivity index (χ0) is 12.8. The number of hydrogen-bond donors (Lipinski definition) is 1. The number of β-amino-alcohol motifs (C(OH)–C–C–N with tert-alkyl or cyclic N) is 1. The van der Waals surface area contributed by atoms with E-state index < -0.39 is 5.60 Å². The minimum Gasteiger partial charge on any atom is -0.386 e. The molecule has 1 aliphatic heterocycles. The van der Waals surface area contributed by atoms with E-state index in [9.17, 15) is 9.90 Å². The molecule has 0 saturated carbocycles. The van der Waals surface area contributed by atoms with Gasteiger partial charge < -0.3 is 10.0 Å². The largest absolute Gasteiger partial charge is 0.386 e. The Kier molecular flexibility index (Phi) is 2.67. The van der Waals surface area contributed by atoms with E-state index in [1.54, 1.807) is 4.90 Å². The van der Waals surface area contributed by atoms with E-state index in [2.05, 4.69) is 13.0 Å². The Morgan fingerprint density at radius 1 is 1.44 bits per heavy atom. The molecular formula is C15H19NO2. The molecule has 0 aromatic heterocycles. The summed E-state index contributed by atoms with van der Waals surface area (Å²) in [6.07, 6.45) is 2.61. The number of likely N-dealkylation sites (tertiary alicyclic amines) is 1. The summed E-state index contributed by atoms with van der Waals surface area (Å²) in [5, 5.41) is 10.1. The minimum absolute atomic E-state index is 0.0346. The van der Waals surface area contributed by atoms with Gasteiger partial charge in [-0.15, -0.1) is 0 Å². The van der Waals surface area contributed by atoms with E-state index in [-0.39, 0.29) is 11.8 Å². The van der Waals surface area contributed by atoms with Crippen LogP contribution in [0.1, 0.15) is 36.8 Å². The van der Waals surface area contributed by atoms with Crippen LogP contribution < -0.4 is 0 Å². The van der Waals surface area contributed by atoms with Crippen molar-refractivity contribution < 1.29 is 9.90 Å². The van der Waals surface area contributed by atoms with Crippen molar-refractivity contribution in [1.82, 2.24) is 4.90 Å². The molecule has 1 unspecified atom stereocenters. The Morgan fingerprint density at radius 3 is 2.83 bits per heavy atom. The lowest BCUT2D eigenvalue weighted by Gasteiger charge is -2.48. The van der Waals surface area contributed by atoms with E-state index in [0.717, 1.165) is 19.3 Å². The lowest BCUT2D eigenvalue weighted by Crippen LogP contribution is -2.64. The Labute approximate surface area is 107 Å². The zero-order valence-electron chi connectivity index (χ0n) is 10.7. The van der Waals surface area contributed by atoms with Crippen LogP contribution in [0.15, 0.2) is 24.3 Å². The van der Waals surface area contributed by atoms with E-state index >= 15 is 0 Å². The second-order valence-corrected chi connectivity index (χ2v) is 5.62. The summed E-state index contributed by atoms with van der Waals surface area (Å²) in [7, 11) is 0. The summed E-state index contributed by atoms with van der Waals surface area (Å²) in [6.45, 7) is 3.08. The molecule has 1 saturated heterocycles. The van der Waals surface area contributed by atoms with Gasteiger partial charge >= 0.3 is 0 Å². The fourth-order valence-electron chi connectivity index (χ4n) is 3.14. The normalized spacial score (nSPS) is 23.9. The van der Waals surface area contributed by atoms with Gasteiger partial charge in [0.25, 0.3) is 0 Å². The van der Waals surface area contributed by atoms with E-state index in [4.69, 9.17) is 0 Å². The first kappa shape index (κ1) is 11.7. The van der Waals surface area contributed by atoms with Gasteiger partial charge in [-0.2, -0.15) is 0 Å². The summed E-state index contributed by atoms with van der Waals surface area (Å²) in [6, 6.07) is 8.13. The highest BCUT2D eigenvalue weighted by Crippen LogP contribution is 2.38. The van der Waals surface area contributed by atoms with Gasteiger partial charge in [-0.05, 0) is 24.0 Å². The van der Waals surface area contributed by atoms with Gasteiger partial charge in [-0.3, -0.25) is 4.79 Å². The van der Waals surface area contributed by atoms with Crippen LogP contribution in [0.25, 0.3) is 0 Å². The van der Waals surface area contributed by atoms with Gasteiger partial charge in [0.05, 0.1) is 24.6 Å². The topological polar surface area (TPSA) is 40.5 Å². The first-order valence-electron chi connectivity index (χ1n) is 6.72. The average Bonchev–Trinajstić information content (AvgIpc) is 2.27. The highest BCUT2D eigenvalue weighted by molar-refractivity contribution is 5.87. The third-order valence-corrected chi connectivity index (χ3v) is 4.15. The number of nitrogens with zero attached hydrogens (tertiary/aromatic N) is 1. The van der Waals surface area contributed by atoms with Crippen LogP contribution in [0.3, 0.4) is 0 Å². The van der Waals surface area contributed by atoms with Crippen molar-refractivity contribution in [2.45, 2.75) is 37.7 Å². The van der Waals surface area contributed by atoms with Crippen molar-refractivity contribution in [3.8, 4) is 0 Å². The standard InChI is InChI=1S/C15H19NO2/c1-2-7-15(18)9-16(10-15)14(17)13-8-11-5-3-4-6-12(11)13/h3-6,13,18H,2,7-10H2,1H3. The van der Waals surface area contributed by atoms with Crippen molar-refractivity contribution >= 4 is 5.91 Å². The molecule has 1 aromatic carbocycles. The predicted octanol–water partition coefficient (Wildman–Crippen LogP) is 1.70. The number of rotatable bonds is 3. The van der Waals surface area contributed by atoms with Crippen LogP contribution in [0.4, 0.5) is 0 Å². The van der Waals surface area contributed by atoms with Crippen molar-refractivity contribution in [3.05, 3.63) is 35.4 Å². The highest BCUT2D eigenvalue weighted by atomic mass is 16.3. The van der Waals surface area contributed by atoms with Crippen LogP contribution in [-0.4, -0.2) is 34.6 Å². The lowest BCUT2D eigenvalue weighted by atomic mass is 9.75. The monoisotopic (exact) mass is 245 g/mol. The Balaban J connectivity index is 1.63. The van der Waals surface area contributed by atoms with Gasteiger partial charge in [-0.25, -0.2) is 0 Å². The lowest BCUT2D eigenvalue weighted by molar-refractivity contribution is -0.158. The molecule has 3 heteroatoms. The molecule has 3 rings (SSSR count). The predicted molar refractivity (Wildman–Crippen MR) is 69.3 cm³/mol. The quantitative estimate of drug-likeness (QED) is 0.880. The third kappa shape index (κ3) is 1.74. The highest BCUT2D eigenvalue weighted by Gasteiger charge is 2.46. The van der Waals surface area contributed by atoms with Gasteiger partial charge in [0.2, 0.25) is 5.91 Å². The molecular weight excluding hydrogens is 226 g/mol. The molecule has 0 spiro atoms. The van der Waals surface area contributed by atoms with Gasteiger partial charge in [0.15, 0.2) is 0 Å². The second-order valence-electron chi connectivity index (χ2n) is 5.62. The average molecular weight is 245 g/mol. The zero-order valence-corrected chi connectivity index (χ0v) is 10.7. The molecule has 1 fully saturated rings. The fraction of sp³-hybridized carbons (Fsp3) is 0.533. The van der Waals surface area contributed by atoms with E-state index in [1.807, 2.05) is 18.2 Å². The number of carbonyl (C=O) groups excluding carboxylic acids is 1. The van der Waals surface area contributed by atoms with Crippen LogP contribution in [0.5, 0.6) is 0 Å². The van der Waals surface area contributed by atoms with E-state index in [1.165, 1.54) is 11.1 Å². The van der Waals surface area contributed by atoms with Crippen molar-refractivity contribution in [3.63, 3.8) is 0 Å². The molecule has 0 bridgehead atoms. The smallest absolute Gasteiger partial charge is 0.230 e. The maximum Gasteiger partial charge on any atom is 0.230 e. The Hall–Kier alpha value is -1.35. The number of aliphatic hydroxyl groups is 1. The molecule has 1 aliphatic carbocycles. The minimum atomic E-state index is -0.617. The SMILES string of the molecule is CCCC1(O)CN(C(=O)C2Cc3ccccc32)C1. The fourth-order valence-corrected chi connectivity index (χ4v) is 3.14. The van der Waals surface area contributed by atoms with Crippen molar-refractivity contribution in [1.29, 1.82) is 0 Å². The number of hydrogen-bond acceptors (Lipinski definition) is 2. The molecule has 1 aromatic rings. The first-order valence-corrected chi connectivity index (χ1v) is 6.72. The Bertz CT molecular complexity index is 477. The number of amides is 1. The molecule has 0 radical (unpaired) electrons. The molecule has 1 atom stereocenters. The third-order valence-electron chi connectivity index (χ3n) is 4.15. The van der Waals surface area contributed by atoms with E-state index in [0.29, 0.717) is 13.1 Å². The molecule has 96 valence electrons. The van der Waals surface area contributed by atoms with Gasteiger partial charge in [-0.1, -0.05) is 37.6 Å². The number of carbonyl (C=O) groups is 1. The Morgan fingerprint density at radius 2 is 2.17 bits per heavy atom. The van der Waals surface area contributed by atoms with Crippen LogP contribution in [-0.2, 0) is 11.2 Å². The van der Waals surface area contributed by atoms with Crippen molar-refractivity contribution in [2.24, 2.45) is 0 Å². The summed E-state index contributed by atoms with van der Waals surface area (Å²) in [4.78, 5) is 14.1. The number of benzene rings is 1. The summed E-state index contributed by atoms with van der Waals surface area (Å²) < 4.78 is 0. The van der Waals surface area contributed by atoms with Crippen molar-refractivity contribution in [2.75, 3.05) is 13.1 Å².